The predicted molar refractivity (Wildman–Crippen MR) is 73.4 cm³/mol. The first kappa shape index (κ1) is 12.4. The minimum Gasteiger partial charge on any atom is -0.399 e. The molecule has 3 N–H and O–H groups in total. The first-order valence-corrected chi connectivity index (χ1v) is 6.26. The lowest BCUT2D eigenvalue weighted by molar-refractivity contribution is 0.583. The van der Waals surface area contributed by atoms with Gasteiger partial charge >= 0.3 is 0 Å². The van der Waals surface area contributed by atoms with Gasteiger partial charge in [-0.15, -0.1) is 5.10 Å². The molecule has 0 saturated heterocycles. The highest BCUT2D eigenvalue weighted by atomic mass is 15.4. The zero-order chi connectivity index (χ0) is 12.8. The Morgan fingerprint density at radius 3 is 3.06 bits per heavy atom. The van der Waals surface area contributed by atoms with Crippen LogP contribution in [0.3, 0.4) is 0 Å². The van der Waals surface area contributed by atoms with E-state index in [9.17, 15) is 0 Å². The van der Waals surface area contributed by atoms with Gasteiger partial charge in [0.2, 0.25) is 0 Å². The van der Waals surface area contributed by atoms with Crippen molar-refractivity contribution in [2.45, 2.75) is 26.3 Å². The Balaban J connectivity index is 1.86. The molecule has 2 aromatic rings. The zero-order valence-electron chi connectivity index (χ0n) is 10.6. The van der Waals surface area contributed by atoms with Crippen LogP contribution in [-0.4, -0.2) is 21.5 Å². The fraction of sp³-hybridized carbons (Fsp3) is 0.385. The van der Waals surface area contributed by atoms with Crippen LogP contribution in [0.25, 0.3) is 0 Å². The first-order valence-electron chi connectivity index (χ1n) is 6.26. The highest BCUT2D eigenvalue weighted by Crippen LogP contribution is 2.09. The van der Waals surface area contributed by atoms with E-state index in [0.717, 1.165) is 37.4 Å². The molecule has 0 spiro atoms. The number of anilines is 2. The van der Waals surface area contributed by atoms with Crippen molar-refractivity contribution >= 4 is 11.5 Å². The summed E-state index contributed by atoms with van der Waals surface area (Å²) in [6, 6.07) is 7.97. The van der Waals surface area contributed by atoms with Crippen molar-refractivity contribution in [3.63, 3.8) is 0 Å². The fourth-order valence-corrected chi connectivity index (χ4v) is 1.86. The topological polar surface area (TPSA) is 68.8 Å². The summed E-state index contributed by atoms with van der Waals surface area (Å²) in [7, 11) is 0. The van der Waals surface area contributed by atoms with E-state index in [1.165, 1.54) is 5.56 Å². The van der Waals surface area contributed by atoms with Gasteiger partial charge in [-0.2, -0.15) is 0 Å². The second-order valence-electron chi connectivity index (χ2n) is 4.26. The van der Waals surface area contributed by atoms with E-state index in [2.05, 4.69) is 28.6 Å². The van der Waals surface area contributed by atoms with E-state index in [0.29, 0.717) is 0 Å². The first-order chi connectivity index (χ1) is 8.79. The van der Waals surface area contributed by atoms with Gasteiger partial charge in [0.25, 0.3) is 0 Å². The summed E-state index contributed by atoms with van der Waals surface area (Å²) in [4.78, 5) is 0. The molecule has 0 amide bonds. The molecule has 1 aromatic heterocycles. The molecule has 2 rings (SSSR count). The van der Waals surface area contributed by atoms with E-state index in [-0.39, 0.29) is 0 Å². The van der Waals surface area contributed by atoms with Gasteiger partial charge in [-0.25, -0.2) is 4.68 Å². The van der Waals surface area contributed by atoms with Crippen LogP contribution in [0, 0.1) is 0 Å². The Morgan fingerprint density at radius 2 is 2.28 bits per heavy atom. The summed E-state index contributed by atoms with van der Waals surface area (Å²) in [6.45, 7) is 3.86. The molecular weight excluding hydrogens is 226 g/mol. The Hall–Kier alpha value is -2.04. The van der Waals surface area contributed by atoms with E-state index >= 15 is 0 Å². The van der Waals surface area contributed by atoms with Crippen LogP contribution in [0.5, 0.6) is 0 Å². The largest absolute Gasteiger partial charge is 0.399 e. The molecule has 0 aliphatic carbocycles. The highest BCUT2D eigenvalue weighted by molar-refractivity contribution is 5.41. The molecule has 0 fully saturated rings. The van der Waals surface area contributed by atoms with Crippen LogP contribution < -0.4 is 11.1 Å². The average Bonchev–Trinajstić information content (AvgIpc) is 2.78. The number of hydrogen-bond acceptors (Lipinski definition) is 4. The second-order valence-corrected chi connectivity index (χ2v) is 4.26. The molecule has 96 valence electrons. The summed E-state index contributed by atoms with van der Waals surface area (Å²) in [5.74, 6) is 0.973. The van der Waals surface area contributed by atoms with Gasteiger partial charge in [-0.3, -0.25) is 0 Å². The molecule has 0 aliphatic rings. The van der Waals surface area contributed by atoms with Crippen LogP contribution in [0.1, 0.15) is 18.9 Å². The van der Waals surface area contributed by atoms with Gasteiger partial charge < -0.3 is 11.1 Å². The van der Waals surface area contributed by atoms with Crippen molar-refractivity contribution < 1.29 is 0 Å². The van der Waals surface area contributed by atoms with Crippen LogP contribution in [0.4, 0.5) is 11.5 Å². The molecule has 0 aliphatic heterocycles. The third-order valence-corrected chi connectivity index (χ3v) is 2.72. The monoisotopic (exact) mass is 245 g/mol. The molecule has 1 aromatic carbocycles. The van der Waals surface area contributed by atoms with Gasteiger partial charge in [0.05, 0.1) is 6.20 Å². The smallest absolute Gasteiger partial charge is 0.144 e. The Morgan fingerprint density at radius 1 is 1.39 bits per heavy atom. The van der Waals surface area contributed by atoms with Gasteiger partial charge in [-0.1, -0.05) is 24.3 Å². The third kappa shape index (κ3) is 3.23. The van der Waals surface area contributed by atoms with Crippen LogP contribution in [0.15, 0.2) is 30.5 Å². The number of nitrogens with zero attached hydrogens (tertiary/aromatic N) is 3. The van der Waals surface area contributed by atoms with Gasteiger partial charge in [0.1, 0.15) is 5.82 Å². The standard InChI is InChI=1S/C13H19N5/c1-2-8-18-13(10-16-17-18)15-7-6-11-4-3-5-12(14)9-11/h3-5,9-10,15H,2,6-8,14H2,1H3. The number of rotatable bonds is 6. The molecule has 5 nitrogen and oxygen atoms in total. The summed E-state index contributed by atoms with van der Waals surface area (Å²) >= 11 is 0. The van der Waals surface area contributed by atoms with Gasteiger partial charge in [0, 0.05) is 18.8 Å². The van der Waals surface area contributed by atoms with Crippen LogP contribution in [0.2, 0.25) is 0 Å². The molecule has 0 bridgehead atoms. The highest BCUT2D eigenvalue weighted by Gasteiger charge is 2.01. The molecule has 0 atom stereocenters. The lowest BCUT2D eigenvalue weighted by Gasteiger charge is -2.08. The molecule has 1 heterocycles. The third-order valence-electron chi connectivity index (χ3n) is 2.72. The second kappa shape index (κ2) is 6.05. The molecular formula is C13H19N5. The number of benzene rings is 1. The average molecular weight is 245 g/mol. The number of nitrogens with two attached hydrogens (primary N) is 1. The van der Waals surface area contributed by atoms with E-state index in [1.807, 2.05) is 22.9 Å². The van der Waals surface area contributed by atoms with Gasteiger partial charge in [-0.05, 0) is 30.5 Å². The Kier molecular flexibility index (Phi) is 4.17. The summed E-state index contributed by atoms with van der Waals surface area (Å²) < 4.78 is 1.89. The Bertz CT molecular complexity index is 492. The lowest BCUT2D eigenvalue weighted by Crippen LogP contribution is -2.10. The molecule has 0 radical (unpaired) electrons. The van der Waals surface area contributed by atoms with E-state index in [1.54, 1.807) is 6.20 Å². The lowest BCUT2D eigenvalue weighted by atomic mass is 10.1. The SMILES string of the molecule is CCCn1nncc1NCCc1cccc(N)c1. The molecule has 5 heteroatoms. The van der Waals surface area contributed by atoms with E-state index in [4.69, 9.17) is 5.73 Å². The fourth-order valence-electron chi connectivity index (χ4n) is 1.86. The van der Waals surface area contributed by atoms with Crippen molar-refractivity contribution in [1.82, 2.24) is 15.0 Å². The maximum absolute atomic E-state index is 5.74. The minimum atomic E-state index is 0.810. The molecule has 0 saturated carbocycles. The summed E-state index contributed by atoms with van der Waals surface area (Å²) in [6.07, 6.45) is 3.74. The van der Waals surface area contributed by atoms with Gasteiger partial charge in [0.15, 0.2) is 0 Å². The van der Waals surface area contributed by atoms with Crippen LogP contribution >= 0.6 is 0 Å². The van der Waals surface area contributed by atoms with Crippen molar-refractivity contribution in [2.75, 3.05) is 17.6 Å². The van der Waals surface area contributed by atoms with Crippen molar-refractivity contribution in [3.8, 4) is 0 Å². The number of aromatic nitrogens is 3. The van der Waals surface area contributed by atoms with Crippen LogP contribution in [-0.2, 0) is 13.0 Å². The van der Waals surface area contributed by atoms with Crippen molar-refractivity contribution in [2.24, 2.45) is 0 Å². The van der Waals surface area contributed by atoms with E-state index < -0.39 is 0 Å². The maximum atomic E-state index is 5.74. The number of hydrogen-bond donors (Lipinski definition) is 2. The normalized spacial score (nSPS) is 10.5. The summed E-state index contributed by atoms with van der Waals surface area (Å²) in [5.41, 5.74) is 7.79. The number of aryl methyl sites for hydroxylation is 1. The maximum Gasteiger partial charge on any atom is 0.144 e. The number of nitrogen functional groups attached to an aromatic ring is 1. The zero-order valence-corrected chi connectivity index (χ0v) is 10.6. The van der Waals surface area contributed by atoms with Crippen molar-refractivity contribution in [1.29, 1.82) is 0 Å². The Labute approximate surface area is 107 Å². The molecule has 0 unspecified atom stereocenters. The quantitative estimate of drug-likeness (QED) is 0.763. The predicted octanol–water partition coefficient (Wildman–Crippen LogP) is 1.92. The van der Waals surface area contributed by atoms with Crippen molar-refractivity contribution in [3.05, 3.63) is 36.0 Å². The summed E-state index contributed by atoms with van der Waals surface area (Å²) in [5, 5.41) is 11.3. The number of nitrogens with one attached hydrogen (secondary N) is 1. The minimum absolute atomic E-state index is 0.810. The molecule has 18 heavy (non-hydrogen) atoms.